The predicted octanol–water partition coefficient (Wildman–Crippen LogP) is 1.49. The minimum atomic E-state index is -0.581. The number of aryl methyl sites for hydroxylation is 1. The van der Waals surface area contributed by atoms with Crippen LogP contribution in [-0.4, -0.2) is 36.5 Å². The van der Waals surface area contributed by atoms with Crippen LogP contribution >= 0.6 is 11.8 Å². The number of rotatable bonds is 4. The summed E-state index contributed by atoms with van der Waals surface area (Å²) in [6.45, 7) is 5.17. The highest BCUT2D eigenvalue weighted by molar-refractivity contribution is 8.00. The van der Waals surface area contributed by atoms with E-state index in [2.05, 4.69) is 23.9 Å². The van der Waals surface area contributed by atoms with Gasteiger partial charge in [-0.2, -0.15) is 16.9 Å². The molecule has 1 aromatic heterocycles. The van der Waals surface area contributed by atoms with Crippen LogP contribution in [-0.2, 0) is 13.0 Å². The van der Waals surface area contributed by atoms with Crippen LogP contribution in [0.3, 0.4) is 0 Å². The Labute approximate surface area is 100 Å². The molecule has 5 heteroatoms. The Kier molecular flexibility index (Phi) is 3.54. The van der Waals surface area contributed by atoms with E-state index in [4.69, 9.17) is 0 Å². The van der Waals surface area contributed by atoms with Crippen molar-refractivity contribution in [2.24, 2.45) is 0 Å². The molecule has 0 radical (unpaired) electrons. The minimum Gasteiger partial charge on any atom is -0.389 e. The number of hydrogen-bond acceptors (Lipinski definition) is 4. The first-order valence-electron chi connectivity index (χ1n) is 5.83. The SMILES string of the molecule is CCCn1ncnc1CC1(O)CSC(C)C1. The standard InChI is InChI=1S/C11H19N3OS/c1-3-4-14-10(12-8-13-14)6-11(15)5-9(2)16-7-11/h8-9,15H,3-7H2,1-2H3. The van der Waals surface area contributed by atoms with Gasteiger partial charge in [0.25, 0.3) is 0 Å². The molecule has 0 spiro atoms. The third kappa shape index (κ3) is 2.58. The Morgan fingerprint density at radius 1 is 1.69 bits per heavy atom. The second-order valence-electron chi connectivity index (χ2n) is 4.63. The number of aliphatic hydroxyl groups is 1. The van der Waals surface area contributed by atoms with Crippen molar-refractivity contribution in [1.29, 1.82) is 0 Å². The number of thioether (sulfide) groups is 1. The van der Waals surface area contributed by atoms with Gasteiger partial charge in [-0.25, -0.2) is 4.98 Å². The van der Waals surface area contributed by atoms with Gasteiger partial charge in [0.15, 0.2) is 0 Å². The van der Waals surface area contributed by atoms with Crippen LogP contribution in [0.1, 0.15) is 32.5 Å². The minimum absolute atomic E-state index is 0.549. The lowest BCUT2D eigenvalue weighted by atomic mass is 9.96. The summed E-state index contributed by atoms with van der Waals surface area (Å²) in [5.74, 6) is 1.73. The predicted molar refractivity (Wildman–Crippen MR) is 65.5 cm³/mol. The first-order valence-corrected chi connectivity index (χ1v) is 6.88. The maximum atomic E-state index is 10.4. The van der Waals surface area contributed by atoms with Crippen molar-refractivity contribution in [2.45, 2.75) is 50.5 Å². The molecule has 1 aliphatic rings. The van der Waals surface area contributed by atoms with Crippen molar-refractivity contribution in [3.63, 3.8) is 0 Å². The van der Waals surface area contributed by atoms with Crippen molar-refractivity contribution in [3.05, 3.63) is 12.2 Å². The summed E-state index contributed by atoms with van der Waals surface area (Å²) in [7, 11) is 0. The molecule has 1 aromatic rings. The Hall–Kier alpha value is -0.550. The van der Waals surface area contributed by atoms with E-state index < -0.39 is 5.60 Å². The van der Waals surface area contributed by atoms with E-state index in [1.54, 1.807) is 6.33 Å². The quantitative estimate of drug-likeness (QED) is 0.867. The summed E-state index contributed by atoms with van der Waals surface area (Å²) in [4.78, 5) is 4.25. The van der Waals surface area contributed by atoms with Gasteiger partial charge in [-0.15, -0.1) is 0 Å². The molecule has 1 saturated heterocycles. The molecule has 0 aliphatic carbocycles. The third-order valence-corrected chi connectivity index (χ3v) is 4.36. The zero-order valence-electron chi connectivity index (χ0n) is 9.89. The van der Waals surface area contributed by atoms with E-state index in [0.717, 1.165) is 31.0 Å². The fraction of sp³-hybridized carbons (Fsp3) is 0.818. The summed E-state index contributed by atoms with van der Waals surface area (Å²) in [6, 6.07) is 0. The van der Waals surface area contributed by atoms with Crippen LogP contribution < -0.4 is 0 Å². The summed E-state index contributed by atoms with van der Waals surface area (Å²) >= 11 is 1.84. The molecule has 16 heavy (non-hydrogen) atoms. The van der Waals surface area contributed by atoms with Crippen LogP contribution in [0.5, 0.6) is 0 Å². The first-order chi connectivity index (χ1) is 7.63. The average Bonchev–Trinajstić information content (AvgIpc) is 2.76. The number of hydrogen-bond donors (Lipinski definition) is 1. The fourth-order valence-electron chi connectivity index (χ4n) is 2.19. The van der Waals surface area contributed by atoms with E-state index >= 15 is 0 Å². The van der Waals surface area contributed by atoms with Crippen molar-refractivity contribution in [2.75, 3.05) is 5.75 Å². The monoisotopic (exact) mass is 241 g/mol. The van der Waals surface area contributed by atoms with Gasteiger partial charge in [0.2, 0.25) is 0 Å². The lowest BCUT2D eigenvalue weighted by Gasteiger charge is -2.21. The summed E-state index contributed by atoms with van der Waals surface area (Å²) in [5, 5.41) is 15.2. The normalized spacial score (nSPS) is 29.8. The third-order valence-electron chi connectivity index (χ3n) is 2.92. The van der Waals surface area contributed by atoms with E-state index in [-0.39, 0.29) is 0 Å². The lowest BCUT2D eigenvalue weighted by Crippen LogP contribution is -2.33. The first kappa shape index (κ1) is 11.9. The van der Waals surface area contributed by atoms with Gasteiger partial charge in [0.1, 0.15) is 12.2 Å². The molecular weight excluding hydrogens is 222 g/mol. The van der Waals surface area contributed by atoms with Crippen molar-refractivity contribution in [3.8, 4) is 0 Å². The molecule has 1 aliphatic heterocycles. The van der Waals surface area contributed by atoms with Crippen LogP contribution in [0.4, 0.5) is 0 Å². The summed E-state index contributed by atoms with van der Waals surface area (Å²) < 4.78 is 1.91. The molecule has 0 saturated carbocycles. The zero-order valence-corrected chi connectivity index (χ0v) is 10.7. The van der Waals surface area contributed by atoms with Gasteiger partial charge in [0, 0.05) is 24.0 Å². The van der Waals surface area contributed by atoms with Gasteiger partial charge in [-0.1, -0.05) is 13.8 Å². The Bertz CT molecular complexity index is 355. The van der Waals surface area contributed by atoms with Gasteiger partial charge >= 0.3 is 0 Å². The highest BCUT2D eigenvalue weighted by atomic mass is 32.2. The van der Waals surface area contributed by atoms with E-state index in [1.807, 2.05) is 16.4 Å². The van der Waals surface area contributed by atoms with Gasteiger partial charge in [-0.05, 0) is 12.8 Å². The molecule has 4 nitrogen and oxygen atoms in total. The lowest BCUT2D eigenvalue weighted by molar-refractivity contribution is 0.0609. The second-order valence-corrected chi connectivity index (χ2v) is 6.05. The molecule has 2 rings (SSSR count). The molecule has 90 valence electrons. The Morgan fingerprint density at radius 3 is 3.12 bits per heavy atom. The summed E-state index contributed by atoms with van der Waals surface area (Å²) in [5.41, 5.74) is -0.581. The molecule has 1 N–H and O–H groups in total. The van der Waals surface area contributed by atoms with Crippen molar-refractivity contribution in [1.82, 2.24) is 14.8 Å². The molecule has 2 atom stereocenters. The smallest absolute Gasteiger partial charge is 0.138 e. The largest absolute Gasteiger partial charge is 0.389 e. The fourth-order valence-corrected chi connectivity index (χ4v) is 3.43. The summed E-state index contributed by atoms with van der Waals surface area (Å²) in [6.07, 6.45) is 4.11. The van der Waals surface area contributed by atoms with Gasteiger partial charge in [-0.3, -0.25) is 4.68 Å². The molecule has 2 unspecified atom stereocenters. The van der Waals surface area contributed by atoms with Crippen molar-refractivity contribution >= 4 is 11.8 Å². The van der Waals surface area contributed by atoms with E-state index in [9.17, 15) is 5.11 Å². The topological polar surface area (TPSA) is 50.9 Å². The molecule has 0 bridgehead atoms. The Balaban J connectivity index is 2.05. The number of nitrogens with zero attached hydrogens (tertiary/aromatic N) is 3. The van der Waals surface area contributed by atoms with Crippen LogP contribution in [0.15, 0.2) is 6.33 Å². The second kappa shape index (κ2) is 4.75. The maximum absolute atomic E-state index is 10.4. The Morgan fingerprint density at radius 2 is 2.50 bits per heavy atom. The van der Waals surface area contributed by atoms with Crippen LogP contribution in [0, 0.1) is 0 Å². The molecule has 1 fully saturated rings. The highest BCUT2D eigenvalue weighted by Gasteiger charge is 2.37. The van der Waals surface area contributed by atoms with Crippen molar-refractivity contribution < 1.29 is 5.11 Å². The van der Waals surface area contributed by atoms with E-state index in [0.29, 0.717) is 11.7 Å². The molecular formula is C11H19N3OS. The van der Waals surface area contributed by atoms with Crippen LogP contribution in [0.2, 0.25) is 0 Å². The molecule has 2 heterocycles. The van der Waals surface area contributed by atoms with E-state index in [1.165, 1.54) is 0 Å². The molecule has 0 amide bonds. The highest BCUT2D eigenvalue weighted by Crippen LogP contribution is 2.36. The van der Waals surface area contributed by atoms with Gasteiger partial charge < -0.3 is 5.11 Å². The molecule has 0 aromatic carbocycles. The zero-order chi connectivity index (χ0) is 11.6. The maximum Gasteiger partial charge on any atom is 0.138 e. The number of aromatic nitrogens is 3. The average molecular weight is 241 g/mol. The van der Waals surface area contributed by atoms with Crippen LogP contribution in [0.25, 0.3) is 0 Å². The van der Waals surface area contributed by atoms with Gasteiger partial charge in [0.05, 0.1) is 5.60 Å².